The van der Waals surface area contributed by atoms with Crippen LogP contribution in [0.2, 0.25) is 0 Å². The number of aromatic nitrogens is 1. The fourth-order valence-corrected chi connectivity index (χ4v) is 2.61. The quantitative estimate of drug-likeness (QED) is 0.589. The SMILES string of the molecule is C#CCCCNC(=O)c1sc(N(CC)CC)nc1N. The summed E-state index contributed by atoms with van der Waals surface area (Å²) < 4.78 is 0. The molecular weight excluding hydrogens is 260 g/mol. The van der Waals surface area contributed by atoms with E-state index in [2.05, 4.69) is 21.1 Å². The number of nitrogens with zero attached hydrogens (tertiary/aromatic N) is 2. The Bertz CT molecular complexity index is 460. The number of nitrogens with two attached hydrogens (primary N) is 1. The van der Waals surface area contributed by atoms with Crippen LogP contribution in [0.3, 0.4) is 0 Å². The van der Waals surface area contributed by atoms with Gasteiger partial charge >= 0.3 is 0 Å². The summed E-state index contributed by atoms with van der Waals surface area (Å²) in [5.41, 5.74) is 5.80. The van der Waals surface area contributed by atoms with Crippen LogP contribution in [-0.4, -0.2) is 30.5 Å². The molecule has 0 saturated heterocycles. The molecule has 1 aromatic rings. The number of hydrogen-bond acceptors (Lipinski definition) is 5. The Hall–Kier alpha value is -1.74. The molecule has 1 heterocycles. The van der Waals surface area contributed by atoms with Gasteiger partial charge in [0.05, 0.1) is 0 Å². The van der Waals surface area contributed by atoms with Crippen molar-refractivity contribution < 1.29 is 4.79 Å². The lowest BCUT2D eigenvalue weighted by atomic mass is 10.3. The Kier molecular flexibility index (Phi) is 6.16. The van der Waals surface area contributed by atoms with Crippen molar-refractivity contribution in [2.24, 2.45) is 0 Å². The van der Waals surface area contributed by atoms with Crippen LogP contribution in [0.1, 0.15) is 36.4 Å². The zero-order chi connectivity index (χ0) is 14.3. The Morgan fingerprint density at radius 2 is 2.21 bits per heavy atom. The molecule has 6 heteroatoms. The predicted octanol–water partition coefficient (Wildman–Crippen LogP) is 1.71. The molecule has 0 radical (unpaired) electrons. The largest absolute Gasteiger partial charge is 0.382 e. The van der Waals surface area contributed by atoms with Crippen LogP contribution < -0.4 is 16.0 Å². The van der Waals surface area contributed by atoms with Crippen LogP contribution >= 0.6 is 11.3 Å². The smallest absolute Gasteiger partial charge is 0.265 e. The number of anilines is 2. The van der Waals surface area contributed by atoms with Crippen LogP contribution in [0.5, 0.6) is 0 Å². The first-order valence-electron chi connectivity index (χ1n) is 6.36. The Labute approximate surface area is 118 Å². The van der Waals surface area contributed by atoms with Gasteiger partial charge in [0.1, 0.15) is 10.7 Å². The highest BCUT2D eigenvalue weighted by molar-refractivity contribution is 7.18. The predicted molar refractivity (Wildman–Crippen MR) is 80.5 cm³/mol. The Morgan fingerprint density at radius 3 is 2.79 bits per heavy atom. The molecule has 5 nitrogen and oxygen atoms in total. The summed E-state index contributed by atoms with van der Waals surface area (Å²) in [5.74, 6) is 2.65. The summed E-state index contributed by atoms with van der Waals surface area (Å²) in [7, 11) is 0. The lowest BCUT2D eigenvalue weighted by molar-refractivity contribution is 0.0958. The average Bonchev–Trinajstić information content (AvgIpc) is 2.78. The molecule has 3 N–H and O–H groups in total. The highest BCUT2D eigenvalue weighted by Crippen LogP contribution is 2.27. The van der Waals surface area contributed by atoms with E-state index in [1.54, 1.807) is 0 Å². The van der Waals surface area contributed by atoms with E-state index in [4.69, 9.17) is 12.2 Å². The molecule has 0 aromatic carbocycles. The topological polar surface area (TPSA) is 71.2 Å². The van der Waals surface area contributed by atoms with Gasteiger partial charge in [-0.1, -0.05) is 11.3 Å². The lowest BCUT2D eigenvalue weighted by Gasteiger charge is -2.16. The first kappa shape index (κ1) is 15.3. The van der Waals surface area contributed by atoms with Crippen molar-refractivity contribution >= 4 is 28.2 Å². The van der Waals surface area contributed by atoms with Gasteiger partial charge in [-0.2, -0.15) is 0 Å². The van der Waals surface area contributed by atoms with Crippen molar-refractivity contribution in [1.82, 2.24) is 10.3 Å². The van der Waals surface area contributed by atoms with E-state index in [9.17, 15) is 4.79 Å². The molecule has 0 aliphatic carbocycles. The van der Waals surface area contributed by atoms with Crippen molar-refractivity contribution in [3.63, 3.8) is 0 Å². The second kappa shape index (κ2) is 7.64. The van der Waals surface area contributed by atoms with Crippen molar-refractivity contribution in [3.8, 4) is 12.3 Å². The van der Waals surface area contributed by atoms with Gasteiger partial charge in [-0.05, 0) is 20.3 Å². The summed E-state index contributed by atoms with van der Waals surface area (Å²) in [6.07, 6.45) is 6.58. The first-order valence-corrected chi connectivity index (χ1v) is 7.18. The standard InChI is InChI=1S/C13H20N4OS/c1-4-7-8-9-15-12(18)10-11(14)16-13(19-10)17(5-2)6-3/h1H,5-9,14H2,2-3H3,(H,15,18). The second-order valence-electron chi connectivity index (χ2n) is 3.95. The van der Waals surface area contributed by atoms with Gasteiger partial charge in [0, 0.05) is 26.1 Å². The van der Waals surface area contributed by atoms with Gasteiger partial charge in [0.15, 0.2) is 5.13 Å². The molecule has 1 rings (SSSR count). The normalized spacial score (nSPS) is 9.95. The fraction of sp³-hybridized carbons (Fsp3) is 0.538. The van der Waals surface area contributed by atoms with Gasteiger partial charge in [-0.15, -0.1) is 12.3 Å². The maximum Gasteiger partial charge on any atom is 0.265 e. The first-order chi connectivity index (χ1) is 9.13. The third kappa shape index (κ3) is 4.14. The van der Waals surface area contributed by atoms with Crippen LogP contribution in [0.15, 0.2) is 0 Å². The van der Waals surface area contributed by atoms with Gasteiger partial charge in [0.25, 0.3) is 5.91 Å². The van der Waals surface area contributed by atoms with E-state index >= 15 is 0 Å². The third-order valence-corrected chi connectivity index (χ3v) is 3.80. The van der Waals surface area contributed by atoms with Gasteiger partial charge in [0.2, 0.25) is 0 Å². The molecule has 1 amide bonds. The van der Waals surface area contributed by atoms with Crippen LogP contribution in [0.4, 0.5) is 10.9 Å². The molecule has 0 bridgehead atoms. The van der Waals surface area contributed by atoms with E-state index in [1.807, 2.05) is 13.8 Å². The number of carbonyl (C=O) groups is 1. The monoisotopic (exact) mass is 280 g/mol. The number of rotatable bonds is 7. The summed E-state index contributed by atoms with van der Waals surface area (Å²) >= 11 is 1.33. The number of carbonyl (C=O) groups excluding carboxylic acids is 1. The van der Waals surface area contributed by atoms with Crippen molar-refractivity contribution in [3.05, 3.63) is 4.88 Å². The van der Waals surface area contributed by atoms with Gasteiger partial charge in [-0.25, -0.2) is 4.98 Å². The molecule has 19 heavy (non-hydrogen) atoms. The zero-order valence-electron chi connectivity index (χ0n) is 11.4. The Morgan fingerprint density at radius 1 is 1.53 bits per heavy atom. The minimum absolute atomic E-state index is 0.176. The molecule has 0 unspecified atom stereocenters. The molecule has 0 atom stereocenters. The summed E-state index contributed by atoms with van der Waals surface area (Å²) in [4.78, 5) is 18.7. The van der Waals surface area contributed by atoms with E-state index in [1.165, 1.54) is 11.3 Å². The molecule has 0 aliphatic heterocycles. The van der Waals surface area contributed by atoms with Crippen LogP contribution in [0, 0.1) is 12.3 Å². The summed E-state index contributed by atoms with van der Waals surface area (Å²) in [5, 5.41) is 3.59. The number of hydrogen-bond donors (Lipinski definition) is 2. The number of unbranched alkanes of at least 4 members (excludes halogenated alkanes) is 1. The average molecular weight is 280 g/mol. The maximum absolute atomic E-state index is 12.0. The number of nitrogen functional groups attached to an aromatic ring is 1. The number of thiazole rings is 1. The minimum atomic E-state index is -0.176. The number of nitrogens with one attached hydrogen (secondary N) is 1. The summed E-state index contributed by atoms with van der Waals surface area (Å²) in [6, 6.07) is 0. The van der Waals surface area contributed by atoms with Crippen LogP contribution in [-0.2, 0) is 0 Å². The molecular formula is C13H20N4OS. The molecule has 1 aromatic heterocycles. The zero-order valence-corrected chi connectivity index (χ0v) is 12.2. The molecule has 0 aliphatic rings. The van der Waals surface area contributed by atoms with E-state index < -0.39 is 0 Å². The summed E-state index contributed by atoms with van der Waals surface area (Å²) in [6.45, 7) is 6.32. The maximum atomic E-state index is 12.0. The molecule has 0 spiro atoms. The number of amides is 1. The van der Waals surface area contributed by atoms with Crippen LogP contribution in [0.25, 0.3) is 0 Å². The lowest BCUT2D eigenvalue weighted by Crippen LogP contribution is -2.24. The van der Waals surface area contributed by atoms with Gasteiger partial charge in [-0.3, -0.25) is 4.79 Å². The number of terminal acetylenes is 1. The van der Waals surface area contributed by atoms with E-state index in [0.29, 0.717) is 23.7 Å². The fourth-order valence-electron chi connectivity index (χ4n) is 1.58. The minimum Gasteiger partial charge on any atom is -0.382 e. The van der Waals surface area contributed by atoms with E-state index in [0.717, 1.165) is 24.6 Å². The highest BCUT2D eigenvalue weighted by Gasteiger charge is 2.17. The molecule has 0 saturated carbocycles. The van der Waals surface area contributed by atoms with Gasteiger partial charge < -0.3 is 16.0 Å². The second-order valence-corrected chi connectivity index (χ2v) is 4.92. The van der Waals surface area contributed by atoms with E-state index in [-0.39, 0.29) is 5.91 Å². The third-order valence-electron chi connectivity index (χ3n) is 2.67. The van der Waals surface area contributed by atoms with Crippen molar-refractivity contribution in [2.45, 2.75) is 26.7 Å². The van der Waals surface area contributed by atoms with Crippen molar-refractivity contribution in [2.75, 3.05) is 30.3 Å². The Balaban J connectivity index is 2.68. The molecule has 104 valence electrons. The highest BCUT2D eigenvalue weighted by atomic mass is 32.1. The van der Waals surface area contributed by atoms with Crippen molar-refractivity contribution in [1.29, 1.82) is 0 Å². The molecule has 0 fully saturated rings.